The lowest BCUT2D eigenvalue weighted by Crippen LogP contribution is -2.41. The summed E-state index contributed by atoms with van der Waals surface area (Å²) in [4.78, 5) is 6.02. The van der Waals surface area contributed by atoms with Gasteiger partial charge in [0.15, 0.2) is 0 Å². The third kappa shape index (κ3) is 2.28. The monoisotopic (exact) mass is 258 g/mol. The Bertz CT molecular complexity index is 575. The molecule has 1 aliphatic rings. The van der Waals surface area contributed by atoms with Crippen LogP contribution in [0.1, 0.15) is 25.1 Å². The van der Waals surface area contributed by atoms with E-state index in [0.29, 0.717) is 12.0 Å². The molecule has 2 atom stereocenters. The van der Waals surface area contributed by atoms with Crippen LogP contribution in [0.3, 0.4) is 0 Å². The highest BCUT2D eigenvalue weighted by atomic mass is 16.3. The van der Waals surface area contributed by atoms with E-state index in [4.69, 9.17) is 0 Å². The first-order valence-corrected chi connectivity index (χ1v) is 7.12. The van der Waals surface area contributed by atoms with Gasteiger partial charge >= 0.3 is 0 Å². The summed E-state index contributed by atoms with van der Waals surface area (Å²) in [5.74, 6) is 0.341. The number of aromatic nitrogens is 1. The van der Waals surface area contributed by atoms with E-state index in [1.807, 2.05) is 0 Å². The van der Waals surface area contributed by atoms with Gasteiger partial charge in [0.2, 0.25) is 0 Å². The summed E-state index contributed by atoms with van der Waals surface area (Å²) in [7, 11) is 0. The zero-order chi connectivity index (χ0) is 13.4. The van der Waals surface area contributed by atoms with E-state index in [2.05, 4.69) is 48.0 Å². The fourth-order valence-electron chi connectivity index (χ4n) is 3.11. The van der Waals surface area contributed by atoms with Crippen molar-refractivity contribution in [2.24, 2.45) is 5.92 Å². The zero-order valence-electron chi connectivity index (χ0n) is 11.7. The second-order valence-electron chi connectivity index (χ2n) is 5.90. The van der Waals surface area contributed by atoms with Gasteiger partial charge in [-0.25, -0.2) is 0 Å². The Morgan fingerprint density at radius 1 is 1.42 bits per heavy atom. The molecule has 0 radical (unpaired) electrons. The highest BCUT2D eigenvalue weighted by molar-refractivity contribution is 5.84. The number of hydrogen-bond donors (Lipinski definition) is 2. The number of aliphatic hydroxyl groups excluding tert-OH is 1. The van der Waals surface area contributed by atoms with Gasteiger partial charge in [-0.2, -0.15) is 0 Å². The lowest BCUT2D eigenvalue weighted by Gasteiger charge is -2.35. The van der Waals surface area contributed by atoms with E-state index in [1.165, 1.54) is 22.2 Å². The average molecular weight is 258 g/mol. The van der Waals surface area contributed by atoms with E-state index >= 15 is 0 Å². The summed E-state index contributed by atoms with van der Waals surface area (Å²) in [6.45, 7) is 6.59. The van der Waals surface area contributed by atoms with E-state index in [0.717, 1.165) is 19.5 Å². The maximum atomic E-state index is 9.23. The number of H-pyrrole nitrogens is 1. The van der Waals surface area contributed by atoms with Gasteiger partial charge in [0, 0.05) is 42.3 Å². The number of nitrogens with one attached hydrogen (secondary N) is 1. The van der Waals surface area contributed by atoms with Gasteiger partial charge in [0.05, 0.1) is 0 Å². The molecule has 2 aromatic rings. The first-order valence-electron chi connectivity index (χ1n) is 7.12. The Morgan fingerprint density at radius 2 is 2.21 bits per heavy atom. The highest BCUT2D eigenvalue weighted by Gasteiger charge is 2.26. The molecule has 1 aromatic heterocycles. The van der Waals surface area contributed by atoms with E-state index in [1.54, 1.807) is 0 Å². The van der Waals surface area contributed by atoms with E-state index in [9.17, 15) is 5.11 Å². The summed E-state index contributed by atoms with van der Waals surface area (Å²) in [6, 6.07) is 9.10. The number of hydrogen-bond acceptors (Lipinski definition) is 2. The smallest absolute Gasteiger partial charge is 0.0468 e. The summed E-state index contributed by atoms with van der Waals surface area (Å²) in [5, 5.41) is 10.6. The Hall–Kier alpha value is -1.32. The van der Waals surface area contributed by atoms with Crippen LogP contribution in [0, 0.1) is 5.92 Å². The van der Waals surface area contributed by atoms with Crippen LogP contribution in [0.15, 0.2) is 24.3 Å². The van der Waals surface area contributed by atoms with Crippen LogP contribution in [0.2, 0.25) is 0 Å². The maximum Gasteiger partial charge on any atom is 0.0468 e. The minimum Gasteiger partial charge on any atom is -0.396 e. The number of fused-ring (bicyclic) bond motifs is 3. The quantitative estimate of drug-likeness (QED) is 0.888. The molecule has 2 heterocycles. The fourth-order valence-corrected chi connectivity index (χ4v) is 3.11. The van der Waals surface area contributed by atoms with Gasteiger partial charge in [0.25, 0.3) is 0 Å². The minimum atomic E-state index is 0.267. The molecule has 0 bridgehead atoms. The van der Waals surface area contributed by atoms with Crippen LogP contribution in [-0.2, 0) is 13.0 Å². The molecule has 0 saturated carbocycles. The van der Waals surface area contributed by atoms with Crippen LogP contribution in [0.4, 0.5) is 0 Å². The molecule has 2 N–H and O–H groups in total. The normalized spacial score (nSPS) is 21.5. The number of nitrogens with zero attached hydrogens (tertiary/aromatic N) is 1. The number of aromatic amines is 1. The summed E-state index contributed by atoms with van der Waals surface area (Å²) in [6.07, 6.45) is 1.09. The first kappa shape index (κ1) is 12.7. The fraction of sp³-hybridized carbons (Fsp3) is 0.500. The van der Waals surface area contributed by atoms with Gasteiger partial charge in [-0.3, -0.25) is 4.90 Å². The molecule has 0 saturated heterocycles. The Labute approximate surface area is 114 Å². The maximum absolute atomic E-state index is 9.23. The van der Waals surface area contributed by atoms with Gasteiger partial charge in [-0.15, -0.1) is 0 Å². The number of para-hydroxylation sites is 1. The zero-order valence-corrected chi connectivity index (χ0v) is 11.7. The SMILES string of the molecule is C[C@@H](CO)CN1Cc2[nH]c3ccccc3c2C[C@H]1C. The van der Waals surface area contributed by atoms with Crippen LogP contribution < -0.4 is 0 Å². The second-order valence-corrected chi connectivity index (χ2v) is 5.90. The van der Waals surface area contributed by atoms with Crippen LogP contribution in [-0.4, -0.2) is 34.2 Å². The van der Waals surface area contributed by atoms with Gasteiger partial charge in [-0.1, -0.05) is 25.1 Å². The summed E-state index contributed by atoms with van der Waals surface area (Å²) in [5.41, 5.74) is 4.08. The Kier molecular flexibility index (Phi) is 3.33. The Morgan fingerprint density at radius 3 is 3.00 bits per heavy atom. The molecular formula is C16H22N2O. The van der Waals surface area contributed by atoms with Crippen molar-refractivity contribution in [1.82, 2.24) is 9.88 Å². The van der Waals surface area contributed by atoms with Crippen LogP contribution in [0.25, 0.3) is 10.9 Å². The van der Waals surface area contributed by atoms with Gasteiger partial charge < -0.3 is 10.1 Å². The summed E-state index contributed by atoms with van der Waals surface area (Å²) < 4.78 is 0. The molecule has 19 heavy (non-hydrogen) atoms. The lowest BCUT2D eigenvalue weighted by molar-refractivity contribution is 0.127. The van der Waals surface area contributed by atoms with Crippen molar-refractivity contribution in [2.45, 2.75) is 32.9 Å². The highest BCUT2D eigenvalue weighted by Crippen LogP contribution is 2.30. The third-order valence-electron chi connectivity index (χ3n) is 4.24. The van der Waals surface area contributed by atoms with Gasteiger partial charge in [0.1, 0.15) is 0 Å². The molecule has 0 amide bonds. The molecule has 3 heteroatoms. The molecule has 3 nitrogen and oxygen atoms in total. The van der Waals surface area contributed by atoms with Crippen LogP contribution >= 0.6 is 0 Å². The molecule has 0 fully saturated rings. The molecule has 0 aliphatic carbocycles. The summed E-state index contributed by atoms with van der Waals surface area (Å²) >= 11 is 0. The van der Waals surface area contributed by atoms with Gasteiger partial charge in [-0.05, 0) is 30.9 Å². The second kappa shape index (κ2) is 4.99. The Balaban J connectivity index is 1.90. The first-order chi connectivity index (χ1) is 9.19. The molecule has 102 valence electrons. The van der Waals surface area contributed by atoms with E-state index in [-0.39, 0.29) is 6.61 Å². The van der Waals surface area contributed by atoms with Crippen molar-refractivity contribution in [1.29, 1.82) is 0 Å². The molecular weight excluding hydrogens is 236 g/mol. The van der Waals surface area contributed by atoms with Crippen molar-refractivity contribution < 1.29 is 5.11 Å². The number of benzene rings is 1. The lowest BCUT2D eigenvalue weighted by atomic mass is 9.96. The molecule has 0 spiro atoms. The number of aliphatic hydroxyl groups is 1. The minimum absolute atomic E-state index is 0.267. The topological polar surface area (TPSA) is 39.3 Å². The van der Waals surface area contributed by atoms with Crippen molar-refractivity contribution >= 4 is 10.9 Å². The van der Waals surface area contributed by atoms with E-state index < -0.39 is 0 Å². The standard InChI is InChI=1S/C16H22N2O/c1-11(10-19)8-18-9-16-14(7-12(18)2)13-5-3-4-6-15(13)17-16/h3-6,11-12,17,19H,7-10H2,1-2H3/t11-,12-/m1/s1. The molecule has 0 unspecified atom stereocenters. The molecule has 3 rings (SSSR count). The van der Waals surface area contributed by atoms with Crippen molar-refractivity contribution in [3.63, 3.8) is 0 Å². The van der Waals surface area contributed by atoms with Crippen LogP contribution in [0.5, 0.6) is 0 Å². The largest absolute Gasteiger partial charge is 0.396 e. The van der Waals surface area contributed by atoms with Crippen molar-refractivity contribution in [3.05, 3.63) is 35.5 Å². The molecule has 1 aromatic carbocycles. The third-order valence-corrected chi connectivity index (χ3v) is 4.24. The average Bonchev–Trinajstić information content (AvgIpc) is 2.77. The van der Waals surface area contributed by atoms with Crippen molar-refractivity contribution in [3.8, 4) is 0 Å². The predicted octanol–water partition coefficient (Wildman–Crippen LogP) is 2.54. The molecule has 1 aliphatic heterocycles. The predicted molar refractivity (Wildman–Crippen MR) is 78.1 cm³/mol. The van der Waals surface area contributed by atoms with Crippen molar-refractivity contribution in [2.75, 3.05) is 13.2 Å². The number of rotatable bonds is 3.